The number of nitrogens with zero attached hydrogens (tertiary/aromatic N) is 2. The number of H-pyrrole nitrogens is 1. The average molecular weight is 290 g/mol. The van der Waals surface area contributed by atoms with Gasteiger partial charge in [-0.15, -0.1) is 11.3 Å². The van der Waals surface area contributed by atoms with Crippen molar-refractivity contribution in [2.75, 3.05) is 0 Å². The Morgan fingerprint density at radius 1 is 1.71 bits per heavy atom. The van der Waals surface area contributed by atoms with Gasteiger partial charge in [0.25, 0.3) is 0 Å². The Morgan fingerprint density at radius 3 is 3.07 bits per heavy atom. The van der Waals surface area contributed by atoms with E-state index in [4.69, 9.17) is 12.2 Å². The molecule has 14 heavy (non-hydrogen) atoms. The molecular formula is C8H8BrN3S2. The highest BCUT2D eigenvalue weighted by molar-refractivity contribution is 9.11. The van der Waals surface area contributed by atoms with Gasteiger partial charge in [0.2, 0.25) is 0 Å². The van der Waals surface area contributed by atoms with E-state index in [9.17, 15) is 0 Å². The van der Waals surface area contributed by atoms with Crippen LogP contribution < -0.4 is 0 Å². The zero-order valence-electron chi connectivity index (χ0n) is 7.45. The van der Waals surface area contributed by atoms with Crippen molar-refractivity contribution in [3.8, 4) is 11.4 Å². The smallest absolute Gasteiger partial charge is 0.195 e. The van der Waals surface area contributed by atoms with Crippen LogP contribution in [0, 0.1) is 4.77 Å². The molecule has 0 aromatic carbocycles. The van der Waals surface area contributed by atoms with Crippen LogP contribution in [0.1, 0.15) is 6.92 Å². The number of aromatic nitrogens is 3. The molecule has 1 N–H and O–H groups in total. The van der Waals surface area contributed by atoms with Crippen molar-refractivity contribution in [1.29, 1.82) is 0 Å². The SMILES string of the molecule is CCn1c(-c2ccsc2Br)n[nH]c1=S. The van der Waals surface area contributed by atoms with Gasteiger partial charge < -0.3 is 4.57 Å². The second-order valence-electron chi connectivity index (χ2n) is 2.70. The van der Waals surface area contributed by atoms with Gasteiger partial charge in [-0.2, -0.15) is 5.10 Å². The molecule has 0 radical (unpaired) electrons. The molecule has 0 spiro atoms. The first-order valence-electron chi connectivity index (χ1n) is 4.12. The Kier molecular flexibility index (Phi) is 2.85. The van der Waals surface area contributed by atoms with Gasteiger partial charge in [0.15, 0.2) is 10.6 Å². The Bertz CT molecular complexity index is 497. The monoisotopic (exact) mass is 289 g/mol. The minimum absolute atomic E-state index is 0.667. The molecule has 0 saturated carbocycles. The second kappa shape index (κ2) is 3.96. The molecule has 2 aromatic rings. The lowest BCUT2D eigenvalue weighted by Crippen LogP contribution is -1.96. The minimum atomic E-state index is 0.667. The lowest BCUT2D eigenvalue weighted by Gasteiger charge is -2.00. The van der Waals surface area contributed by atoms with E-state index in [2.05, 4.69) is 33.1 Å². The van der Waals surface area contributed by atoms with Crippen LogP contribution in [-0.4, -0.2) is 14.8 Å². The highest BCUT2D eigenvalue weighted by Crippen LogP contribution is 2.31. The molecule has 74 valence electrons. The lowest BCUT2D eigenvalue weighted by molar-refractivity contribution is 0.755. The average Bonchev–Trinajstić information content (AvgIpc) is 2.71. The summed E-state index contributed by atoms with van der Waals surface area (Å²) in [5.74, 6) is 0.894. The molecule has 0 unspecified atom stereocenters. The van der Waals surface area contributed by atoms with E-state index in [0.717, 1.165) is 21.7 Å². The summed E-state index contributed by atoms with van der Waals surface area (Å²) in [4.78, 5) is 0. The lowest BCUT2D eigenvalue weighted by atomic mass is 10.3. The molecule has 0 saturated heterocycles. The number of rotatable bonds is 2. The molecule has 0 aliphatic heterocycles. The standard InChI is InChI=1S/C8H8BrN3S2/c1-2-12-7(10-11-8(12)13)5-3-4-14-6(5)9/h3-4H,2H2,1H3,(H,11,13). The third-order valence-electron chi connectivity index (χ3n) is 1.93. The van der Waals surface area contributed by atoms with Crippen molar-refractivity contribution in [3.05, 3.63) is 20.0 Å². The third kappa shape index (κ3) is 1.57. The predicted octanol–water partition coefficient (Wildman–Crippen LogP) is 3.45. The van der Waals surface area contributed by atoms with Gasteiger partial charge in [-0.3, -0.25) is 5.10 Å². The van der Waals surface area contributed by atoms with E-state index >= 15 is 0 Å². The second-order valence-corrected chi connectivity index (χ2v) is 5.33. The zero-order valence-corrected chi connectivity index (χ0v) is 10.7. The fraction of sp³-hybridized carbons (Fsp3) is 0.250. The summed E-state index contributed by atoms with van der Waals surface area (Å²) in [6, 6.07) is 2.03. The third-order valence-corrected chi connectivity index (χ3v) is 3.93. The Balaban J connectivity index is 2.63. The Morgan fingerprint density at radius 2 is 2.50 bits per heavy atom. The Labute approximate surface area is 98.9 Å². The summed E-state index contributed by atoms with van der Waals surface area (Å²) in [5, 5.41) is 9.04. The van der Waals surface area contributed by atoms with E-state index in [1.54, 1.807) is 11.3 Å². The van der Waals surface area contributed by atoms with Gasteiger partial charge in [-0.1, -0.05) is 0 Å². The molecule has 0 aliphatic rings. The molecule has 0 bridgehead atoms. The number of nitrogens with one attached hydrogen (secondary N) is 1. The van der Waals surface area contributed by atoms with Gasteiger partial charge >= 0.3 is 0 Å². The molecular weight excluding hydrogens is 282 g/mol. The highest BCUT2D eigenvalue weighted by Gasteiger charge is 2.11. The zero-order chi connectivity index (χ0) is 10.1. The molecule has 2 heterocycles. The van der Waals surface area contributed by atoms with Gasteiger partial charge in [0.1, 0.15) is 0 Å². The van der Waals surface area contributed by atoms with Crippen molar-refractivity contribution >= 4 is 39.5 Å². The van der Waals surface area contributed by atoms with Gasteiger partial charge in [0, 0.05) is 12.1 Å². The summed E-state index contributed by atoms with van der Waals surface area (Å²) in [6.07, 6.45) is 0. The van der Waals surface area contributed by atoms with Crippen LogP contribution in [0.2, 0.25) is 0 Å². The number of hydrogen-bond donors (Lipinski definition) is 1. The van der Waals surface area contributed by atoms with E-state index in [0.29, 0.717) is 4.77 Å². The van der Waals surface area contributed by atoms with Crippen molar-refractivity contribution in [3.63, 3.8) is 0 Å². The number of aromatic amines is 1. The predicted molar refractivity (Wildman–Crippen MR) is 64.1 cm³/mol. The molecule has 0 aliphatic carbocycles. The summed E-state index contributed by atoms with van der Waals surface area (Å²) in [6.45, 7) is 2.88. The van der Waals surface area contributed by atoms with E-state index in [-0.39, 0.29) is 0 Å². The van der Waals surface area contributed by atoms with Gasteiger partial charge in [-0.25, -0.2) is 0 Å². The molecule has 0 fully saturated rings. The maximum atomic E-state index is 5.12. The van der Waals surface area contributed by atoms with Gasteiger partial charge in [-0.05, 0) is 46.5 Å². The molecule has 0 amide bonds. The van der Waals surface area contributed by atoms with Crippen LogP contribution in [0.3, 0.4) is 0 Å². The van der Waals surface area contributed by atoms with Crippen LogP contribution >= 0.6 is 39.5 Å². The molecule has 6 heteroatoms. The number of thiophene rings is 1. The normalized spacial score (nSPS) is 10.7. The first-order chi connectivity index (χ1) is 6.74. The van der Waals surface area contributed by atoms with Crippen LogP contribution in [0.15, 0.2) is 15.2 Å². The quantitative estimate of drug-likeness (QED) is 0.859. The highest BCUT2D eigenvalue weighted by atomic mass is 79.9. The van der Waals surface area contributed by atoms with Crippen molar-refractivity contribution in [2.24, 2.45) is 0 Å². The topological polar surface area (TPSA) is 33.6 Å². The van der Waals surface area contributed by atoms with Crippen LogP contribution in [0.25, 0.3) is 11.4 Å². The maximum Gasteiger partial charge on any atom is 0.195 e. The summed E-state index contributed by atoms with van der Waals surface area (Å²) in [7, 11) is 0. The summed E-state index contributed by atoms with van der Waals surface area (Å²) >= 11 is 10.3. The Hall–Kier alpha value is -0.460. The van der Waals surface area contributed by atoms with Crippen molar-refractivity contribution < 1.29 is 0 Å². The molecule has 2 aromatic heterocycles. The molecule has 3 nitrogen and oxygen atoms in total. The van der Waals surface area contributed by atoms with E-state index in [1.165, 1.54) is 0 Å². The van der Waals surface area contributed by atoms with Crippen molar-refractivity contribution in [2.45, 2.75) is 13.5 Å². The first kappa shape index (κ1) is 10.1. The van der Waals surface area contributed by atoms with Gasteiger partial charge in [0.05, 0.1) is 3.79 Å². The summed E-state index contributed by atoms with van der Waals surface area (Å²) in [5.41, 5.74) is 1.09. The van der Waals surface area contributed by atoms with E-state index in [1.807, 2.05) is 16.0 Å². The molecule has 0 atom stereocenters. The minimum Gasteiger partial charge on any atom is -0.300 e. The molecule has 2 rings (SSSR count). The largest absolute Gasteiger partial charge is 0.300 e. The first-order valence-corrected chi connectivity index (χ1v) is 6.20. The number of halogens is 1. The van der Waals surface area contributed by atoms with Crippen LogP contribution in [-0.2, 0) is 6.54 Å². The summed E-state index contributed by atoms with van der Waals surface area (Å²) < 4.78 is 3.73. The fourth-order valence-electron chi connectivity index (χ4n) is 1.27. The van der Waals surface area contributed by atoms with E-state index < -0.39 is 0 Å². The maximum absolute atomic E-state index is 5.12. The van der Waals surface area contributed by atoms with Crippen LogP contribution in [0.5, 0.6) is 0 Å². The number of hydrogen-bond acceptors (Lipinski definition) is 3. The fourth-order valence-corrected chi connectivity index (χ4v) is 2.77. The van der Waals surface area contributed by atoms with Crippen LogP contribution in [0.4, 0.5) is 0 Å². The van der Waals surface area contributed by atoms with Crippen molar-refractivity contribution in [1.82, 2.24) is 14.8 Å².